The summed E-state index contributed by atoms with van der Waals surface area (Å²) in [5.41, 5.74) is 2.81. The van der Waals surface area contributed by atoms with Gasteiger partial charge in [0.2, 0.25) is 5.91 Å². The number of ether oxygens (including phenoxy) is 2. The molecule has 0 saturated carbocycles. The van der Waals surface area contributed by atoms with Crippen molar-refractivity contribution in [1.29, 1.82) is 5.26 Å². The highest BCUT2D eigenvalue weighted by molar-refractivity contribution is 6.31. The van der Waals surface area contributed by atoms with Crippen LogP contribution < -0.4 is 10.1 Å². The van der Waals surface area contributed by atoms with E-state index in [1.807, 2.05) is 22.9 Å². The maximum Gasteiger partial charge on any atom is 0.413 e. The number of morpholine rings is 1. The highest BCUT2D eigenvalue weighted by atomic mass is 35.5. The van der Waals surface area contributed by atoms with Gasteiger partial charge in [0.25, 0.3) is 0 Å². The lowest BCUT2D eigenvalue weighted by Crippen LogP contribution is -2.56. The standard InChI is InChI=1S/C27H28ClN9O4/c1-16(26(38)36-14-17(11-29)15-36)32-27(39)41-22-13-31-25-24(22)33-20(12-30-25)23-19-3-2-18(28)10-21(19)37(34-23)5-4-35-6-8-40-9-7-35/h2-3,10,12-13,16-17H,4-9,14-15H2,1H3,(H,30,31)(H,32,39)/t16-/m1/s1. The number of rotatable bonds is 7. The molecule has 4 aromatic rings. The van der Waals surface area contributed by atoms with E-state index >= 15 is 0 Å². The van der Waals surface area contributed by atoms with Crippen molar-refractivity contribution in [3.63, 3.8) is 0 Å². The number of nitrogens with one attached hydrogen (secondary N) is 2. The lowest BCUT2D eigenvalue weighted by molar-refractivity contribution is -0.137. The molecule has 13 nitrogen and oxygen atoms in total. The van der Waals surface area contributed by atoms with Crippen LogP contribution in [0.1, 0.15) is 6.92 Å². The number of carbonyl (C=O) groups is 2. The highest BCUT2D eigenvalue weighted by Crippen LogP contribution is 2.31. The van der Waals surface area contributed by atoms with Gasteiger partial charge in [0, 0.05) is 49.3 Å². The Kier molecular flexibility index (Phi) is 7.44. The van der Waals surface area contributed by atoms with Gasteiger partial charge < -0.3 is 24.7 Å². The number of amides is 2. The Morgan fingerprint density at radius 3 is 2.88 bits per heavy atom. The maximum absolute atomic E-state index is 12.6. The second-order valence-corrected chi connectivity index (χ2v) is 10.6. The molecule has 2 aliphatic rings. The minimum absolute atomic E-state index is 0.164. The molecular weight excluding hydrogens is 550 g/mol. The number of benzene rings is 1. The summed E-state index contributed by atoms with van der Waals surface area (Å²) in [6.45, 7) is 6.99. The summed E-state index contributed by atoms with van der Waals surface area (Å²) in [5.74, 6) is -0.271. The molecule has 2 amide bonds. The fourth-order valence-electron chi connectivity index (χ4n) is 5.01. The normalized spacial score (nSPS) is 16.9. The van der Waals surface area contributed by atoms with Crippen molar-refractivity contribution in [1.82, 2.24) is 39.8 Å². The molecule has 0 aliphatic carbocycles. The van der Waals surface area contributed by atoms with Gasteiger partial charge in [0.15, 0.2) is 16.9 Å². The lowest BCUT2D eigenvalue weighted by atomic mass is 10.0. The van der Waals surface area contributed by atoms with Crippen LogP contribution in [0.2, 0.25) is 5.02 Å². The Morgan fingerprint density at radius 1 is 1.29 bits per heavy atom. The number of nitriles is 1. The Balaban J connectivity index is 1.21. The SMILES string of the molecule is C[C@@H](NC(=O)Oc1c[nH]c2ncc(-c3nn(CCN4CCOCC4)c4cc(Cl)ccc34)nc12)C(=O)N1CC(C#N)C1. The summed E-state index contributed by atoms with van der Waals surface area (Å²) in [5, 5.41) is 17.8. The third-order valence-electron chi connectivity index (χ3n) is 7.32. The number of hydrogen-bond acceptors (Lipinski definition) is 9. The molecule has 2 N–H and O–H groups in total. The van der Waals surface area contributed by atoms with Gasteiger partial charge >= 0.3 is 6.09 Å². The summed E-state index contributed by atoms with van der Waals surface area (Å²) in [6, 6.07) is 6.92. The number of aromatic amines is 1. The predicted octanol–water partition coefficient (Wildman–Crippen LogP) is 2.42. The van der Waals surface area contributed by atoms with E-state index in [2.05, 4.69) is 26.3 Å². The fourth-order valence-corrected chi connectivity index (χ4v) is 5.18. The van der Waals surface area contributed by atoms with Crippen LogP contribution in [0.5, 0.6) is 5.75 Å². The molecule has 5 heterocycles. The largest absolute Gasteiger partial charge is 0.413 e. The van der Waals surface area contributed by atoms with Gasteiger partial charge in [-0.25, -0.2) is 14.8 Å². The first kappa shape index (κ1) is 26.9. The molecule has 3 aromatic heterocycles. The Hall–Kier alpha value is -4.25. The number of halogens is 1. The van der Waals surface area contributed by atoms with Gasteiger partial charge in [-0.3, -0.25) is 14.4 Å². The number of hydrogen-bond donors (Lipinski definition) is 2. The summed E-state index contributed by atoms with van der Waals surface area (Å²) < 4.78 is 12.9. The van der Waals surface area contributed by atoms with E-state index in [0.717, 1.165) is 43.8 Å². The summed E-state index contributed by atoms with van der Waals surface area (Å²) in [7, 11) is 0. The van der Waals surface area contributed by atoms with Crippen molar-refractivity contribution in [2.45, 2.75) is 19.5 Å². The van der Waals surface area contributed by atoms with Gasteiger partial charge in [0.1, 0.15) is 17.4 Å². The molecule has 0 spiro atoms. The Morgan fingerprint density at radius 2 is 2.10 bits per heavy atom. The van der Waals surface area contributed by atoms with E-state index < -0.39 is 12.1 Å². The third-order valence-corrected chi connectivity index (χ3v) is 7.55. The maximum atomic E-state index is 12.6. The summed E-state index contributed by atoms with van der Waals surface area (Å²) in [4.78, 5) is 41.2. The van der Waals surface area contributed by atoms with E-state index in [9.17, 15) is 9.59 Å². The molecule has 0 bridgehead atoms. The van der Waals surface area contributed by atoms with Gasteiger partial charge in [0.05, 0.1) is 43.5 Å². The van der Waals surface area contributed by atoms with E-state index in [4.69, 9.17) is 36.4 Å². The molecule has 1 aromatic carbocycles. The molecule has 1 atom stereocenters. The highest BCUT2D eigenvalue weighted by Gasteiger charge is 2.33. The first-order valence-corrected chi connectivity index (χ1v) is 13.7. The topological polar surface area (TPSA) is 154 Å². The van der Waals surface area contributed by atoms with Crippen LogP contribution in [0.4, 0.5) is 4.79 Å². The Labute approximate surface area is 240 Å². The third kappa shape index (κ3) is 5.54. The van der Waals surface area contributed by atoms with Crippen molar-refractivity contribution < 1.29 is 19.1 Å². The molecule has 41 heavy (non-hydrogen) atoms. The molecular formula is C27H28ClN9O4. The fraction of sp³-hybridized carbons (Fsp3) is 0.407. The van der Waals surface area contributed by atoms with E-state index in [1.54, 1.807) is 13.1 Å². The van der Waals surface area contributed by atoms with Crippen molar-refractivity contribution >= 4 is 45.7 Å². The molecule has 2 fully saturated rings. The van der Waals surface area contributed by atoms with Crippen LogP contribution in [0, 0.1) is 17.2 Å². The summed E-state index contributed by atoms with van der Waals surface area (Å²) >= 11 is 6.33. The van der Waals surface area contributed by atoms with Gasteiger partial charge in [-0.2, -0.15) is 10.4 Å². The molecule has 14 heteroatoms. The first-order chi connectivity index (χ1) is 19.9. The minimum atomic E-state index is -0.811. The number of H-pyrrole nitrogens is 1. The van der Waals surface area contributed by atoms with E-state index in [1.165, 1.54) is 11.1 Å². The molecule has 2 saturated heterocycles. The average molecular weight is 578 g/mol. The number of nitrogens with zero attached hydrogens (tertiary/aromatic N) is 7. The monoisotopic (exact) mass is 577 g/mol. The number of fused-ring (bicyclic) bond motifs is 2. The smallest absolute Gasteiger partial charge is 0.406 e. The zero-order valence-corrected chi connectivity index (χ0v) is 23.1. The average Bonchev–Trinajstić information content (AvgIpc) is 3.52. The van der Waals surface area contributed by atoms with Gasteiger partial charge in [-0.1, -0.05) is 11.6 Å². The number of likely N-dealkylation sites (tertiary alicyclic amines) is 1. The van der Waals surface area contributed by atoms with Gasteiger partial charge in [-0.05, 0) is 25.1 Å². The predicted molar refractivity (Wildman–Crippen MR) is 149 cm³/mol. The van der Waals surface area contributed by atoms with Crippen LogP contribution in [0.25, 0.3) is 33.5 Å². The lowest BCUT2D eigenvalue weighted by Gasteiger charge is -2.36. The molecule has 0 unspecified atom stereocenters. The molecule has 212 valence electrons. The van der Waals surface area contributed by atoms with Crippen molar-refractivity contribution in [3.8, 4) is 23.2 Å². The van der Waals surface area contributed by atoms with E-state index in [-0.39, 0.29) is 17.6 Å². The van der Waals surface area contributed by atoms with E-state index in [0.29, 0.717) is 47.2 Å². The van der Waals surface area contributed by atoms with Crippen molar-refractivity contribution in [2.75, 3.05) is 45.9 Å². The quantitative estimate of drug-likeness (QED) is 0.337. The Bertz CT molecular complexity index is 1650. The molecule has 0 radical (unpaired) electrons. The van der Waals surface area contributed by atoms with Crippen LogP contribution in [-0.2, 0) is 16.1 Å². The zero-order valence-electron chi connectivity index (χ0n) is 22.3. The van der Waals surface area contributed by atoms with Crippen LogP contribution >= 0.6 is 11.6 Å². The first-order valence-electron chi connectivity index (χ1n) is 13.4. The summed E-state index contributed by atoms with van der Waals surface area (Å²) in [6.07, 6.45) is 2.31. The second-order valence-electron chi connectivity index (χ2n) is 10.1. The van der Waals surface area contributed by atoms with Crippen LogP contribution in [-0.4, -0.2) is 98.5 Å². The number of aromatic nitrogens is 5. The van der Waals surface area contributed by atoms with Gasteiger partial charge in [-0.15, -0.1) is 0 Å². The molecule has 2 aliphatic heterocycles. The molecule has 6 rings (SSSR count). The van der Waals surface area contributed by atoms with Crippen LogP contribution in [0.15, 0.2) is 30.6 Å². The zero-order chi connectivity index (χ0) is 28.5. The number of carbonyl (C=O) groups excluding carboxylic acids is 2. The minimum Gasteiger partial charge on any atom is -0.406 e. The van der Waals surface area contributed by atoms with Crippen molar-refractivity contribution in [2.24, 2.45) is 5.92 Å². The second kappa shape index (κ2) is 11.3. The van der Waals surface area contributed by atoms with Crippen molar-refractivity contribution in [3.05, 3.63) is 35.6 Å². The van der Waals surface area contributed by atoms with Crippen LogP contribution in [0.3, 0.4) is 0 Å².